The Morgan fingerprint density at radius 1 is 1.04 bits per heavy atom. The molecule has 0 aliphatic rings. The SMILES string of the molecule is CC(C)C(=NOCC=Cc1ccccc1)C(=O)O.CC(C)C(=O)C(=O)O.[H-].[Na+]. The summed E-state index contributed by atoms with van der Waals surface area (Å²) in [6.45, 7) is 6.87. The maximum atomic E-state index is 10.8. The van der Waals surface area contributed by atoms with Crippen LogP contribution >= 0.6 is 0 Å². The summed E-state index contributed by atoms with van der Waals surface area (Å²) in [5, 5.41) is 20.5. The van der Waals surface area contributed by atoms with Crippen molar-refractivity contribution in [3.05, 3.63) is 42.0 Å². The Kier molecular flexibility index (Phi) is 15.3. The molecular weight excluding hydrogens is 361 g/mol. The predicted octanol–water partition coefficient (Wildman–Crippen LogP) is 0.226. The molecule has 0 amide bonds. The molecule has 0 spiro atoms. The Morgan fingerprint density at radius 3 is 1.96 bits per heavy atom. The van der Waals surface area contributed by atoms with E-state index in [0.717, 1.165) is 5.56 Å². The molecule has 0 saturated carbocycles. The van der Waals surface area contributed by atoms with Crippen molar-refractivity contribution in [2.24, 2.45) is 17.0 Å². The topological polar surface area (TPSA) is 113 Å². The second-order valence-electron chi connectivity index (χ2n) is 5.87. The van der Waals surface area contributed by atoms with Gasteiger partial charge in [-0.25, -0.2) is 9.59 Å². The number of carboxylic acids is 2. The zero-order valence-corrected chi connectivity index (χ0v) is 18.4. The number of hydrogen-bond acceptors (Lipinski definition) is 5. The maximum Gasteiger partial charge on any atom is 1.00 e. The van der Waals surface area contributed by atoms with Crippen LogP contribution in [0.2, 0.25) is 0 Å². The smallest absolute Gasteiger partial charge is 1.00 e. The minimum atomic E-state index is -1.35. The second kappa shape index (κ2) is 15.1. The quantitative estimate of drug-likeness (QED) is 0.217. The van der Waals surface area contributed by atoms with Gasteiger partial charge in [-0.05, 0) is 11.6 Å². The summed E-state index contributed by atoms with van der Waals surface area (Å²) in [6.07, 6.45) is 3.68. The number of oxime groups is 1. The van der Waals surface area contributed by atoms with Crippen molar-refractivity contribution in [2.45, 2.75) is 27.7 Å². The first kappa shape index (κ1) is 27.3. The van der Waals surface area contributed by atoms with Crippen molar-refractivity contribution in [3.8, 4) is 0 Å². The molecule has 1 rings (SSSR count). The van der Waals surface area contributed by atoms with Gasteiger partial charge in [0, 0.05) is 11.8 Å². The van der Waals surface area contributed by atoms with E-state index in [1.807, 2.05) is 36.4 Å². The number of carboxylic acid groups (broad SMARTS) is 2. The molecule has 2 N–H and O–H groups in total. The third-order valence-corrected chi connectivity index (χ3v) is 2.94. The number of aliphatic carboxylic acids is 2. The van der Waals surface area contributed by atoms with E-state index in [-0.39, 0.29) is 49.2 Å². The van der Waals surface area contributed by atoms with E-state index in [1.54, 1.807) is 33.8 Å². The first-order valence-electron chi connectivity index (χ1n) is 8.08. The van der Waals surface area contributed by atoms with E-state index in [1.165, 1.54) is 0 Å². The molecule has 1 aromatic rings. The van der Waals surface area contributed by atoms with Crippen molar-refractivity contribution in [2.75, 3.05) is 6.61 Å². The maximum absolute atomic E-state index is 10.8. The number of ketones is 1. The van der Waals surface area contributed by atoms with Crippen LogP contribution in [0.15, 0.2) is 41.6 Å². The molecule has 0 aliphatic heterocycles. The summed E-state index contributed by atoms with van der Waals surface area (Å²) in [5.74, 6) is -3.69. The van der Waals surface area contributed by atoms with Gasteiger partial charge in [-0.2, -0.15) is 0 Å². The first-order chi connectivity index (χ1) is 12.2. The Balaban J connectivity index is -0.000000537. The summed E-state index contributed by atoms with van der Waals surface area (Å²) in [5.41, 5.74) is 1.09. The van der Waals surface area contributed by atoms with Gasteiger partial charge < -0.3 is 16.5 Å². The van der Waals surface area contributed by atoms with Crippen LogP contribution in [0.3, 0.4) is 0 Å². The average molecular weight is 387 g/mol. The minimum Gasteiger partial charge on any atom is -1.00 e. The molecule has 0 aliphatic carbocycles. The first-order valence-corrected chi connectivity index (χ1v) is 8.08. The van der Waals surface area contributed by atoms with Gasteiger partial charge in [-0.1, -0.05) is 69.3 Å². The van der Waals surface area contributed by atoms with Gasteiger partial charge in [0.05, 0.1) is 0 Å². The van der Waals surface area contributed by atoms with Crippen molar-refractivity contribution in [1.82, 2.24) is 0 Å². The van der Waals surface area contributed by atoms with E-state index in [2.05, 4.69) is 5.16 Å². The summed E-state index contributed by atoms with van der Waals surface area (Å²) in [6, 6.07) is 9.77. The molecule has 0 atom stereocenters. The molecule has 0 fully saturated rings. The van der Waals surface area contributed by atoms with E-state index in [4.69, 9.17) is 15.1 Å². The van der Waals surface area contributed by atoms with Gasteiger partial charge in [-0.15, -0.1) is 0 Å². The molecule has 1 aromatic carbocycles. The minimum absolute atomic E-state index is 0. The largest absolute Gasteiger partial charge is 1.00 e. The number of benzene rings is 1. The van der Waals surface area contributed by atoms with Gasteiger partial charge >= 0.3 is 41.5 Å². The van der Waals surface area contributed by atoms with E-state index in [9.17, 15) is 14.4 Å². The third kappa shape index (κ3) is 12.9. The number of Topliss-reactive ketones (excluding diaryl/α,β-unsaturated/α-hetero) is 1. The van der Waals surface area contributed by atoms with E-state index < -0.39 is 23.6 Å². The molecule has 0 aromatic heterocycles. The molecule has 7 nitrogen and oxygen atoms in total. The predicted molar refractivity (Wildman–Crippen MR) is 99.9 cm³/mol. The summed E-state index contributed by atoms with van der Waals surface area (Å²) in [7, 11) is 0. The number of hydrogen-bond donors (Lipinski definition) is 2. The zero-order chi connectivity index (χ0) is 20.1. The monoisotopic (exact) mass is 387 g/mol. The number of rotatable bonds is 8. The number of carbonyl (C=O) groups is 3. The molecule has 0 bridgehead atoms. The Labute approximate surface area is 182 Å². The van der Waals surface area contributed by atoms with Gasteiger partial charge in [0.25, 0.3) is 0 Å². The molecule has 8 heteroatoms. The van der Waals surface area contributed by atoms with Crippen LogP contribution in [-0.2, 0) is 19.2 Å². The van der Waals surface area contributed by atoms with Crippen LogP contribution in [0.5, 0.6) is 0 Å². The zero-order valence-electron chi connectivity index (χ0n) is 17.4. The van der Waals surface area contributed by atoms with Gasteiger partial charge in [0.15, 0.2) is 5.71 Å². The van der Waals surface area contributed by atoms with Crippen LogP contribution < -0.4 is 29.6 Å². The van der Waals surface area contributed by atoms with Gasteiger partial charge in [0.2, 0.25) is 5.78 Å². The van der Waals surface area contributed by atoms with E-state index >= 15 is 0 Å². The Morgan fingerprint density at radius 2 is 1.59 bits per heavy atom. The van der Waals surface area contributed by atoms with Gasteiger partial charge in [-0.3, -0.25) is 4.79 Å². The van der Waals surface area contributed by atoms with Crippen molar-refractivity contribution >= 4 is 29.5 Å². The average Bonchev–Trinajstić information content (AvgIpc) is 2.57. The molecule has 0 radical (unpaired) electrons. The van der Waals surface area contributed by atoms with E-state index in [0.29, 0.717) is 0 Å². The summed E-state index contributed by atoms with van der Waals surface area (Å²) < 4.78 is 0. The van der Waals surface area contributed by atoms with Crippen molar-refractivity contribution < 1.29 is 60.4 Å². The summed E-state index contributed by atoms with van der Waals surface area (Å²) >= 11 is 0. The fraction of sp³-hybridized carbons (Fsp3) is 0.368. The molecule has 144 valence electrons. The van der Waals surface area contributed by atoms with Crippen LogP contribution in [0.1, 0.15) is 34.7 Å². The number of carbonyl (C=O) groups excluding carboxylic acids is 1. The van der Waals surface area contributed by atoms with Gasteiger partial charge in [0.1, 0.15) is 6.61 Å². The van der Waals surface area contributed by atoms with Crippen LogP contribution in [0, 0.1) is 11.8 Å². The standard InChI is InChI=1S/C14H17NO3.C5H8O3.Na.H/c1-11(2)13(14(16)17)15-18-10-6-9-12-7-4-3-5-8-12;1-3(2)4(6)5(7)8;;/h3-9,11H,10H2,1-2H3,(H,16,17);3H,1-2H3,(H,7,8);;/q;;+1;-1. The second-order valence-corrected chi connectivity index (χ2v) is 5.87. The van der Waals surface area contributed by atoms with Crippen LogP contribution in [-0.4, -0.2) is 40.3 Å². The summed E-state index contributed by atoms with van der Waals surface area (Å²) in [4.78, 5) is 35.8. The Hall–Kier alpha value is -1.96. The fourth-order valence-electron chi connectivity index (χ4n) is 1.54. The van der Waals surface area contributed by atoms with Crippen molar-refractivity contribution in [1.29, 1.82) is 0 Å². The third-order valence-electron chi connectivity index (χ3n) is 2.94. The molecule has 0 saturated heterocycles. The molecule has 0 heterocycles. The molecule has 0 unspecified atom stereocenters. The van der Waals surface area contributed by atoms with Crippen molar-refractivity contribution in [3.63, 3.8) is 0 Å². The molecular formula is C19H26NNaO6. The van der Waals surface area contributed by atoms with Crippen LogP contribution in [0.4, 0.5) is 0 Å². The van der Waals surface area contributed by atoms with Crippen LogP contribution in [0.25, 0.3) is 6.08 Å². The number of nitrogens with zero attached hydrogens (tertiary/aromatic N) is 1. The Bertz CT molecular complexity index is 660. The molecule has 27 heavy (non-hydrogen) atoms. The normalized spacial score (nSPS) is 10.8. The fourth-order valence-corrected chi connectivity index (χ4v) is 1.54.